The summed E-state index contributed by atoms with van der Waals surface area (Å²) in [6.45, 7) is 26.8. The predicted molar refractivity (Wildman–Crippen MR) is 178 cm³/mol. The van der Waals surface area contributed by atoms with Crippen molar-refractivity contribution in [2.45, 2.75) is 100 Å². The van der Waals surface area contributed by atoms with Gasteiger partial charge in [0.15, 0.2) is 0 Å². The van der Waals surface area contributed by atoms with Gasteiger partial charge in [-0.15, -0.1) is 0 Å². The van der Waals surface area contributed by atoms with Crippen LogP contribution in [0.4, 0.5) is 0 Å². The second-order valence-corrected chi connectivity index (χ2v) is 17.4. The van der Waals surface area contributed by atoms with Gasteiger partial charge in [-0.2, -0.15) is 0 Å². The molecule has 7 heteroatoms. The number of esters is 1. The minimum Gasteiger partial charge on any atom is -0.489 e. The Morgan fingerprint density at radius 3 is 2.00 bits per heavy atom. The van der Waals surface area contributed by atoms with Gasteiger partial charge in [-0.1, -0.05) is 78.0 Å². The SMILES string of the molecule is CCOC(=O)C=CC=C(C)c1cccc(COc2ccc(C(O[Si](C)C)C(C)(C)C)c(C(O[Si](C)C)C(C)(C)C)c2)c1. The lowest BCUT2D eigenvalue weighted by Crippen LogP contribution is -2.31. The van der Waals surface area contributed by atoms with Gasteiger partial charge in [-0.3, -0.25) is 0 Å². The summed E-state index contributed by atoms with van der Waals surface area (Å²) >= 11 is 0. The zero-order valence-corrected chi connectivity index (χ0v) is 29.9. The van der Waals surface area contributed by atoms with Gasteiger partial charge in [0.25, 0.3) is 0 Å². The molecule has 5 nitrogen and oxygen atoms in total. The van der Waals surface area contributed by atoms with Crippen LogP contribution in [-0.2, 0) is 25.0 Å². The number of rotatable bonds is 13. The Morgan fingerprint density at radius 2 is 1.45 bits per heavy atom. The minimum absolute atomic E-state index is 0.0485. The fraction of sp³-hybridized carbons (Fsp3) is 0.514. The molecular weight excluding hydrogens is 557 g/mol. The van der Waals surface area contributed by atoms with E-state index in [0.717, 1.165) is 28.0 Å². The Balaban J connectivity index is 2.43. The number of carbonyl (C=O) groups excluding carboxylic acids is 1. The molecule has 2 radical (unpaired) electrons. The smallest absolute Gasteiger partial charge is 0.330 e. The van der Waals surface area contributed by atoms with Gasteiger partial charge in [-0.05, 0) is 96.9 Å². The first-order valence-corrected chi connectivity index (χ1v) is 19.7. The second kappa shape index (κ2) is 15.9. The molecule has 0 aliphatic heterocycles. The van der Waals surface area contributed by atoms with E-state index in [4.69, 9.17) is 18.3 Å². The molecule has 2 aromatic rings. The average Bonchev–Trinajstić information content (AvgIpc) is 2.88. The highest BCUT2D eigenvalue weighted by Gasteiger charge is 2.36. The fourth-order valence-electron chi connectivity index (χ4n) is 4.62. The van der Waals surface area contributed by atoms with Gasteiger partial charge < -0.3 is 18.3 Å². The van der Waals surface area contributed by atoms with Crippen LogP contribution < -0.4 is 4.74 Å². The average molecular weight is 609 g/mol. The van der Waals surface area contributed by atoms with E-state index in [9.17, 15) is 4.79 Å². The largest absolute Gasteiger partial charge is 0.489 e. The van der Waals surface area contributed by atoms with Crippen LogP contribution in [0.1, 0.15) is 89.9 Å². The second-order valence-electron chi connectivity index (χ2n) is 13.3. The third-order valence-electron chi connectivity index (χ3n) is 6.56. The number of ether oxygens (including phenoxy) is 2. The molecule has 2 aromatic carbocycles. The van der Waals surface area contributed by atoms with Crippen molar-refractivity contribution >= 4 is 29.6 Å². The van der Waals surface area contributed by atoms with E-state index in [2.05, 4.69) is 104 Å². The Morgan fingerprint density at radius 1 is 0.857 bits per heavy atom. The van der Waals surface area contributed by atoms with E-state index < -0.39 is 18.1 Å². The summed E-state index contributed by atoms with van der Waals surface area (Å²) in [6.07, 6.45) is 4.94. The molecule has 0 spiro atoms. The molecule has 230 valence electrons. The van der Waals surface area contributed by atoms with E-state index in [1.54, 1.807) is 13.0 Å². The van der Waals surface area contributed by atoms with E-state index in [0.29, 0.717) is 13.2 Å². The monoisotopic (exact) mass is 608 g/mol. The summed E-state index contributed by atoms with van der Waals surface area (Å²) in [5.41, 5.74) is 5.33. The molecule has 0 heterocycles. The van der Waals surface area contributed by atoms with E-state index in [1.807, 2.05) is 19.1 Å². The molecule has 0 aliphatic carbocycles. The molecule has 0 fully saturated rings. The molecule has 0 saturated carbocycles. The van der Waals surface area contributed by atoms with E-state index in [1.165, 1.54) is 11.6 Å². The third-order valence-corrected chi connectivity index (χ3v) is 7.97. The summed E-state index contributed by atoms with van der Waals surface area (Å²) in [5, 5.41) is 0. The zero-order chi connectivity index (χ0) is 31.7. The summed E-state index contributed by atoms with van der Waals surface area (Å²) in [7, 11) is -1.91. The number of benzene rings is 2. The van der Waals surface area contributed by atoms with Crippen LogP contribution in [0.5, 0.6) is 5.75 Å². The Bertz CT molecular complexity index is 1220. The van der Waals surface area contributed by atoms with Crippen LogP contribution in [0.2, 0.25) is 26.2 Å². The molecule has 2 rings (SSSR count). The van der Waals surface area contributed by atoms with Crippen LogP contribution >= 0.6 is 0 Å². The first kappa shape index (κ1) is 35.7. The highest BCUT2D eigenvalue weighted by atomic mass is 28.3. The summed E-state index contributed by atoms with van der Waals surface area (Å²) in [4.78, 5) is 11.6. The highest BCUT2D eigenvalue weighted by molar-refractivity contribution is 6.48. The minimum atomic E-state index is -0.968. The quantitative estimate of drug-likeness (QED) is 0.0981. The maximum atomic E-state index is 11.6. The fourth-order valence-corrected chi connectivity index (χ4v) is 6.53. The lowest BCUT2D eigenvalue weighted by atomic mass is 9.77. The van der Waals surface area contributed by atoms with Gasteiger partial charge in [0.1, 0.15) is 12.4 Å². The molecule has 0 aliphatic rings. The lowest BCUT2D eigenvalue weighted by molar-refractivity contribution is -0.137. The summed E-state index contributed by atoms with van der Waals surface area (Å²) in [5.74, 6) is 0.475. The molecule has 0 saturated heterocycles. The van der Waals surface area contributed by atoms with Gasteiger partial charge in [0, 0.05) is 6.08 Å². The van der Waals surface area contributed by atoms with Crippen molar-refractivity contribution in [2.75, 3.05) is 6.61 Å². The maximum Gasteiger partial charge on any atom is 0.330 e. The van der Waals surface area contributed by atoms with Crippen molar-refractivity contribution in [1.29, 1.82) is 0 Å². The molecule has 0 bridgehead atoms. The lowest BCUT2D eigenvalue weighted by Gasteiger charge is -2.39. The van der Waals surface area contributed by atoms with Crippen molar-refractivity contribution in [3.8, 4) is 5.75 Å². The standard InChI is InChI=1S/C35H52O5Si2/c1-13-37-31(36)19-14-16-25(2)27-18-15-17-26(22-27)24-38-28-20-21-29(32(34(3,4)5)39-41(9)10)30(23-28)33(35(6,7)8)40-42(11)12/h14-23,32-33H,13,24H2,1-12H3. The van der Waals surface area contributed by atoms with Gasteiger partial charge in [0.05, 0.1) is 18.8 Å². The number of hydrogen-bond acceptors (Lipinski definition) is 5. The van der Waals surface area contributed by atoms with Crippen LogP contribution in [-0.4, -0.2) is 30.7 Å². The van der Waals surface area contributed by atoms with Gasteiger partial charge in [0.2, 0.25) is 18.1 Å². The van der Waals surface area contributed by atoms with Crippen molar-refractivity contribution < 1.29 is 23.1 Å². The molecule has 0 N–H and O–H groups in total. The molecule has 0 amide bonds. The highest BCUT2D eigenvalue weighted by Crippen LogP contribution is 2.46. The zero-order valence-electron chi connectivity index (χ0n) is 27.9. The first-order valence-electron chi connectivity index (χ1n) is 14.8. The van der Waals surface area contributed by atoms with Crippen molar-refractivity contribution in [2.24, 2.45) is 10.8 Å². The summed E-state index contributed by atoms with van der Waals surface area (Å²) < 4.78 is 24.7. The van der Waals surface area contributed by atoms with Crippen LogP contribution in [0.15, 0.2) is 60.7 Å². The Hall–Kier alpha value is -2.46. The normalized spacial score (nSPS) is 14.5. The Kier molecular flexibility index (Phi) is 13.5. The molecular formula is C35H52O5Si2. The predicted octanol–water partition coefficient (Wildman–Crippen LogP) is 9.50. The topological polar surface area (TPSA) is 54.0 Å². The van der Waals surface area contributed by atoms with Crippen LogP contribution in [0.25, 0.3) is 5.57 Å². The number of hydrogen-bond donors (Lipinski definition) is 0. The third kappa shape index (κ3) is 11.3. The number of carbonyl (C=O) groups is 1. The first-order chi connectivity index (χ1) is 19.5. The molecule has 42 heavy (non-hydrogen) atoms. The maximum absolute atomic E-state index is 11.6. The van der Waals surface area contributed by atoms with Crippen LogP contribution in [0, 0.1) is 10.8 Å². The number of allylic oxidation sites excluding steroid dienone is 3. The van der Waals surface area contributed by atoms with Gasteiger partial charge >= 0.3 is 5.97 Å². The van der Waals surface area contributed by atoms with E-state index in [-0.39, 0.29) is 29.0 Å². The van der Waals surface area contributed by atoms with Crippen molar-refractivity contribution in [3.05, 3.63) is 82.9 Å². The molecule has 0 aromatic heterocycles. The Labute approximate surface area is 258 Å². The van der Waals surface area contributed by atoms with Crippen molar-refractivity contribution in [1.82, 2.24) is 0 Å². The summed E-state index contributed by atoms with van der Waals surface area (Å²) in [6, 6.07) is 14.7. The van der Waals surface area contributed by atoms with Crippen molar-refractivity contribution in [3.63, 3.8) is 0 Å². The molecule has 2 unspecified atom stereocenters. The van der Waals surface area contributed by atoms with Crippen LogP contribution in [0.3, 0.4) is 0 Å². The van der Waals surface area contributed by atoms with Gasteiger partial charge in [-0.25, -0.2) is 4.79 Å². The van der Waals surface area contributed by atoms with E-state index >= 15 is 0 Å². The molecule has 2 atom stereocenters.